The number of carbonyl (C=O) groups excluding carboxylic acids is 2. The highest BCUT2D eigenvalue weighted by Gasteiger charge is 2.18. The highest BCUT2D eigenvalue weighted by Crippen LogP contribution is 2.16. The standard InChI is InChI=1S/C19H17F2NO3/c1-12-3-5-14(6-4-12)7-10-18(23)25-13(2)19(24)22-17-11-15(20)8-9-16(17)21/h3-11,13H,1-2H3,(H,22,24)/b10-7+/t13-/m0/s1. The van der Waals surface area contributed by atoms with Crippen LogP contribution in [0.15, 0.2) is 48.5 Å². The average molecular weight is 345 g/mol. The minimum Gasteiger partial charge on any atom is -0.449 e. The van der Waals surface area contributed by atoms with E-state index >= 15 is 0 Å². The Labute approximate surface area is 144 Å². The van der Waals surface area contributed by atoms with Crippen molar-refractivity contribution in [2.45, 2.75) is 20.0 Å². The maximum atomic E-state index is 13.5. The lowest BCUT2D eigenvalue weighted by Crippen LogP contribution is -2.29. The second-order valence-corrected chi connectivity index (χ2v) is 5.44. The summed E-state index contributed by atoms with van der Waals surface area (Å²) in [4.78, 5) is 23.7. The van der Waals surface area contributed by atoms with Gasteiger partial charge in [0, 0.05) is 12.1 Å². The fourth-order valence-electron chi connectivity index (χ4n) is 1.94. The van der Waals surface area contributed by atoms with Crippen LogP contribution in [0.25, 0.3) is 6.08 Å². The molecule has 2 aromatic rings. The molecule has 0 bridgehead atoms. The molecular formula is C19H17F2NO3. The molecule has 4 nitrogen and oxygen atoms in total. The number of hydrogen-bond donors (Lipinski definition) is 1. The van der Waals surface area contributed by atoms with E-state index in [4.69, 9.17) is 4.74 Å². The number of anilines is 1. The van der Waals surface area contributed by atoms with Crippen LogP contribution in [0.2, 0.25) is 0 Å². The molecule has 0 aliphatic rings. The number of rotatable bonds is 5. The Morgan fingerprint density at radius 2 is 1.80 bits per heavy atom. The molecule has 2 rings (SSSR count). The fraction of sp³-hybridized carbons (Fsp3) is 0.158. The van der Waals surface area contributed by atoms with Crippen molar-refractivity contribution < 1.29 is 23.1 Å². The van der Waals surface area contributed by atoms with Crippen LogP contribution in [0, 0.1) is 18.6 Å². The summed E-state index contributed by atoms with van der Waals surface area (Å²) in [6.45, 7) is 3.29. The number of hydrogen-bond acceptors (Lipinski definition) is 3. The van der Waals surface area contributed by atoms with Crippen LogP contribution in [0.5, 0.6) is 0 Å². The molecule has 130 valence electrons. The maximum Gasteiger partial charge on any atom is 0.331 e. The summed E-state index contributed by atoms with van der Waals surface area (Å²) in [6.07, 6.45) is 1.58. The predicted octanol–water partition coefficient (Wildman–Crippen LogP) is 3.86. The first kappa shape index (κ1) is 18.3. The van der Waals surface area contributed by atoms with Gasteiger partial charge < -0.3 is 10.1 Å². The lowest BCUT2D eigenvalue weighted by Gasteiger charge is -2.12. The van der Waals surface area contributed by atoms with E-state index in [1.54, 1.807) is 6.08 Å². The van der Waals surface area contributed by atoms with Crippen molar-refractivity contribution in [3.63, 3.8) is 0 Å². The summed E-state index contributed by atoms with van der Waals surface area (Å²) in [7, 11) is 0. The van der Waals surface area contributed by atoms with Gasteiger partial charge in [-0.1, -0.05) is 29.8 Å². The van der Waals surface area contributed by atoms with Crippen LogP contribution < -0.4 is 5.32 Å². The third kappa shape index (κ3) is 5.53. The van der Waals surface area contributed by atoms with Gasteiger partial charge in [0.25, 0.3) is 5.91 Å². The molecule has 0 fully saturated rings. The number of aryl methyl sites for hydroxylation is 1. The van der Waals surface area contributed by atoms with Crippen molar-refractivity contribution in [3.8, 4) is 0 Å². The van der Waals surface area contributed by atoms with Crippen molar-refractivity contribution in [1.82, 2.24) is 0 Å². The SMILES string of the molecule is Cc1ccc(/C=C/C(=O)O[C@@H](C)C(=O)Nc2cc(F)ccc2F)cc1. The molecule has 1 N–H and O–H groups in total. The van der Waals surface area contributed by atoms with Crippen molar-refractivity contribution in [2.75, 3.05) is 5.32 Å². The Bertz CT molecular complexity index is 801. The molecule has 0 unspecified atom stereocenters. The zero-order chi connectivity index (χ0) is 18.4. The van der Waals surface area contributed by atoms with Gasteiger partial charge in [0.2, 0.25) is 0 Å². The summed E-state index contributed by atoms with van der Waals surface area (Å²) in [5.41, 5.74) is 1.58. The number of amides is 1. The molecule has 0 saturated heterocycles. The van der Waals surface area contributed by atoms with E-state index in [0.29, 0.717) is 0 Å². The highest BCUT2D eigenvalue weighted by atomic mass is 19.1. The number of esters is 1. The first-order valence-electron chi connectivity index (χ1n) is 7.56. The molecule has 25 heavy (non-hydrogen) atoms. The summed E-state index contributed by atoms with van der Waals surface area (Å²) in [6, 6.07) is 10.1. The first-order chi connectivity index (χ1) is 11.8. The molecule has 0 heterocycles. The maximum absolute atomic E-state index is 13.5. The Balaban J connectivity index is 1.92. The van der Waals surface area contributed by atoms with Gasteiger partial charge in [-0.15, -0.1) is 0 Å². The van der Waals surface area contributed by atoms with Crippen LogP contribution in [-0.4, -0.2) is 18.0 Å². The van der Waals surface area contributed by atoms with Gasteiger partial charge in [-0.3, -0.25) is 4.79 Å². The number of ether oxygens (including phenoxy) is 1. The Morgan fingerprint density at radius 1 is 1.12 bits per heavy atom. The lowest BCUT2D eigenvalue weighted by atomic mass is 10.1. The van der Waals surface area contributed by atoms with Crippen LogP contribution in [0.3, 0.4) is 0 Å². The summed E-state index contributed by atoms with van der Waals surface area (Å²) in [5, 5.41) is 2.18. The Hall–Kier alpha value is -3.02. The van der Waals surface area contributed by atoms with Crippen molar-refractivity contribution in [1.29, 1.82) is 0 Å². The topological polar surface area (TPSA) is 55.4 Å². The van der Waals surface area contributed by atoms with Gasteiger partial charge in [-0.05, 0) is 37.6 Å². The second kappa shape index (κ2) is 8.19. The smallest absolute Gasteiger partial charge is 0.331 e. The van der Waals surface area contributed by atoms with Crippen LogP contribution in [0.1, 0.15) is 18.1 Å². The van der Waals surface area contributed by atoms with Gasteiger partial charge in [-0.2, -0.15) is 0 Å². The van der Waals surface area contributed by atoms with E-state index < -0.39 is 29.6 Å². The fourth-order valence-corrected chi connectivity index (χ4v) is 1.94. The third-order valence-corrected chi connectivity index (χ3v) is 3.34. The minimum atomic E-state index is -1.17. The molecule has 0 radical (unpaired) electrons. The average Bonchev–Trinajstić information content (AvgIpc) is 2.57. The summed E-state index contributed by atoms with van der Waals surface area (Å²) in [5.74, 6) is -2.96. The molecule has 0 aliphatic carbocycles. The molecule has 6 heteroatoms. The van der Waals surface area contributed by atoms with E-state index in [0.717, 1.165) is 29.3 Å². The molecule has 0 aromatic heterocycles. The van der Waals surface area contributed by atoms with E-state index in [-0.39, 0.29) is 5.69 Å². The van der Waals surface area contributed by atoms with E-state index in [2.05, 4.69) is 5.32 Å². The van der Waals surface area contributed by atoms with E-state index in [1.165, 1.54) is 13.0 Å². The molecule has 1 atom stereocenters. The number of nitrogens with one attached hydrogen (secondary N) is 1. The number of carbonyl (C=O) groups is 2. The quantitative estimate of drug-likeness (QED) is 0.661. The molecule has 2 aromatic carbocycles. The molecule has 0 saturated carbocycles. The molecule has 1 amide bonds. The monoisotopic (exact) mass is 345 g/mol. The molecular weight excluding hydrogens is 328 g/mol. The van der Waals surface area contributed by atoms with E-state index in [9.17, 15) is 18.4 Å². The molecule has 0 aliphatic heterocycles. The second-order valence-electron chi connectivity index (χ2n) is 5.44. The van der Waals surface area contributed by atoms with Gasteiger partial charge in [0.1, 0.15) is 11.6 Å². The summed E-state index contributed by atoms with van der Waals surface area (Å²) >= 11 is 0. The van der Waals surface area contributed by atoms with E-state index in [1.807, 2.05) is 31.2 Å². The van der Waals surface area contributed by atoms with Gasteiger partial charge >= 0.3 is 5.97 Å². The Morgan fingerprint density at radius 3 is 2.48 bits per heavy atom. The molecule has 0 spiro atoms. The highest BCUT2D eigenvalue weighted by molar-refractivity contribution is 5.96. The minimum absolute atomic E-state index is 0.317. The lowest BCUT2D eigenvalue weighted by molar-refractivity contribution is -0.148. The number of halogens is 2. The van der Waals surface area contributed by atoms with Gasteiger partial charge in [0.05, 0.1) is 5.69 Å². The van der Waals surface area contributed by atoms with Gasteiger partial charge in [-0.25, -0.2) is 13.6 Å². The van der Waals surface area contributed by atoms with Crippen LogP contribution in [-0.2, 0) is 14.3 Å². The van der Waals surface area contributed by atoms with Crippen LogP contribution in [0.4, 0.5) is 14.5 Å². The Kier molecular flexibility index (Phi) is 6.00. The largest absolute Gasteiger partial charge is 0.449 e. The number of benzene rings is 2. The van der Waals surface area contributed by atoms with Crippen molar-refractivity contribution in [3.05, 3.63) is 71.3 Å². The normalized spacial score (nSPS) is 12.0. The summed E-state index contributed by atoms with van der Waals surface area (Å²) < 4.78 is 31.5. The van der Waals surface area contributed by atoms with Crippen LogP contribution >= 0.6 is 0 Å². The van der Waals surface area contributed by atoms with Gasteiger partial charge in [0.15, 0.2) is 6.10 Å². The zero-order valence-electron chi connectivity index (χ0n) is 13.8. The van der Waals surface area contributed by atoms with Crippen molar-refractivity contribution >= 4 is 23.6 Å². The zero-order valence-corrected chi connectivity index (χ0v) is 13.8. The third-order valence-electron chi connectivity index (χ3n) is 3.34. The van der Waals surface area contributed by atoms with Crippen molar-refractivity contribution in [2.24, 2.45) is 0 Å². The predicted molar refractivity (Wildman–Crippen MR) is 90.8 cm³/mol. The first-order valence-corrected chi connectivity index (χ1v) is 7.56.